The van der Waals surface area contributed by atoms with E-state index >= 15 is 0 Å². The molecule has 3 rings (SSSR count). The van der Waals surface area contributed by atoms with Gasteiger partial charge in [0, 0.05) is 22.7 Å². The van der Waals surface area contributed by atoms with E-state index in [0.717, 1.165) is 27.8 Å². The number of carbonyl (C=O) groups is 1. The highest BCUT2D eigenvalue weighted by Crippen LogP contribution is 2.22. The van der Waals surface area contributed by atoms with Crippen LogP contribution in [0.5, 0.6) is 5.75 Å². The fourth-order valence-corrected chi connectivity index (χ4v) is 2.51. The Morgan fingerprint density at radius 3 is 2.76 bits per heavy atom. The highest BCUT2D eigenvalue weighted by molar-refractivity contribution is 5.97. The first-order valence-corrected chi connectivity index (χ1v) is 6.90. The van der Waals surface area contributed by atoms with Crippen molar-refractivity contribution in [2.45, 2.75) is 13.5 Å². The fourth-order valence-electron chi connectivity index (χ4n) is 2.51. The number of rotatable bonds is 4. The molecule has 3 nitrogen and oxygen atoms in total. The second kappa shape index (κ2) is 5.44. The maximum Gasteiger partial charge on any atom is 0.182 e. The van der Waals surface area contributed by atoms with Crippen LogP contribution >= 0.6 is 0 Å². The van der Waals surface area contributed by atoms with E-state index in [1.54, 1.807) is 7.11 Å². The Morgan fingerprint density at radius 2 is 2.00 bits per heavy atom. The van der Waals surface area contributed by atoms with Crippen molar-refractivity contribution in [1.82, 2.24) is 4.57 Å². The number of ketones is 1. The lowest BCUT2D eigenvalue weighted by atomic mass is 10.1. The van der Waals surface area contributed by atoms with Gasteiger partial charge in [-0.15, -0.1) is 0 Å². The number of aryl methyl sites for hydroxylation is 1. The molecule has 0 atom stereocenters. The van der Waals surface area contributed by atoms with Crippen LogP contribution < -0.4 is 4.74 Å². The molecular weight excluding hydrogens is 262 g/mol. The highest BCUT2D eigenvalue weighted by atomic mass is 16.5. The Hall–Kier alpha value is -2.55. The summed E-state index contributed by atoms with van der Waals surface area (Å²) in [4.78, 5) is 12.4. The summed E-state index contributed by atoms with van der Waals surface area (Å²) in [6, 6.07) is 15.6. The molecule has 106 valence electrons. The summed E-state index contributed by atoms with van der Waals surface area (Å²) in [5, 5.41) is 1.08. The maximum atomic E-state index is 12.4. The Labute approximate surface area is 123 Å². The zero-order chi connectivity index (χ0) is 14.8. The van der Waals surface area contributed by atoms with Crippen LogP contribution in [0.1, 0.15) is 15.9 Å². The largest absolute Gasteiger partial charge is 0.497 e. The van der Waals surface area contributed by atoms with Crippen LogP contribution in [-0.4, -0.2) is 17.5 Å². The van der Waals surface area contributed by atoms with Crippen LogP contribution in [0, 0.1) is 6.92 Å². The van der Waals surface area contributed by atoms with Crippen molar-refractivity contribution in [3.05, 3.63) is 65.9 Å². The van der Waals surface area contributed by atoms with Crippen molar-refractivity contribution in [2.75, 3.05) is 7.11 Å². The van der Waals surface area contributed by atoms with Crippen molar-refractivity contribution in [1.29, 1.82) is 0 Å². The number of carbonyl (C=O) groups excluding carboxylic acids is 1. The molecule has 21 heavy (non-hydrogen) atoms. The topological polar surface area (TPSA) is 31.2 Å². The Balaban J connectivity index is 1.89. The first-order chi connectivity index (χ1) is 10.2. The Morgan fingerprint density at radius 1 is 1.14 bits per heavy atom. The molecule has 0 bridgehead atoms. The van der Waals surface area contributed by atoms with Gasteiger partial charge < -0.3 is 9.30 Å². The predicted molar refractivity (Wildman–Crippen MR) is 84.0 cm³/mol. The van der Waals surface area contributed by atoms with Gasteiger partial charge in [0.15, 0.2) is 5.78 Å². The number of ether oxygens (including phenoxy) is 1. The normalized spacial score (nSPS) is 10.8. The van der Waals surface area contributed by atoms with Gasteiger partial charge >= 0.3 is 0 Å². The first kappa shape index (κ1) is 13.4. The highest BCUT2D eigenvalue weighted by Gasteiger charge is 2.09. The number of fused-ring (bicyclic) bond motifs is 1. The number of nitrogens with zero attached hydrogens (tertiary/aromatic N) is 1. The summed E-state index contributed by atoms with van der Waals surface area (Å²) in [5.74, 6) is 0.942. The van der Waals surface area contributed by atoms with Crippen molar-refractivity contribution < 1.29 is 9.53 Å². The van der Waals surface area contributed by atoms with Gasteiger partial charge in [0.1, 0.15) is 5.75 Å². The van der Waals surface area contributed by atoms with Crippen LogP contribution in [0.15, 0.2) is 54.7 Å². The minimum atomic E-state index is 0.118. The zero-order valence-electron chi connectivity index (χ0n) is 12.2. The molecule has 0 aliphatic heterocycles. The molecule has 0 N–H and O–H groups in total. The molecule has 0 spiro atoms. The van der Waals surface area contributed by atoms with Gasteiger partial charge in [-0.2, -0.15) is 0 Å². The molecule has 0 unspecified atom stereocenters. The molecule has 0 saturated heterocycles. The van der Waals surface area contributed by atoms with E-state index < -0.39 is 0 Å². The molecule has 1 heterocycles. The van der Waals surface area contributed by atoms with Gasteiger partial charge in [0.2, 0.25) is 0 Å². The van der Waals surface area contributed by atoms with E-state index in [1.807, 2.05) is 66.2 Å². The van der Waals surface area contributed by atoms with Crippen LogP contribution in [0.3, 0.4) is 0 Å². The Bertz CT molecular complexity index is 802. The molecule has 2 aromatic carbocycles. The van der Waals surface area contributed by atoms with E-state index in [1.165, 1.54) is 0 Å². The van der Waals surface area contributed by atoms with Crippen LogP contribution in [-0.2, 0) is 6.54 Å². The molecule has 3 aromatic rings. The quantitative estimate of drug-likeness (QED) is 0.679. The molecule has 0 aliphatic carbocycles. The molecule has 0 amide bonds. The lowest BCUT2D eigenvalue weighted by Gasteiger charge is -2.06. The van der Waals surface area contributed by atoms with Crippen molar-refractivity contribution in [2.24, 2.45) is 0 Å². The molecular formula is C18H17NO2. The van der Waals surface area contributed by atoms with Crippen LogP contribution in [0.25, 0.3) is 10.9 Å². The molecule has 0 saturated carbocycles. The van der Waals surface area contributed by atoms with Gasteiger partial charge in [-0.05, 0) is 37.3 Å². The number of methoxy groups -OCH3 is 1. The SMILES string of the molecule is COc1ccc2c(ccn2CC(=O)c2cccc(C)c2)c1. The third kappa shape index (κ3) is 2.68. The number of hydrogen-bond acceptors (Lipinski definition) is 2. The summed E-state index contributed by atoms with van der Waals surface area (Å²) in [6.07, 6.45) is 1.94. The molecule has 0 radical (unpaired) electrons. The molecule has 1 aromatic heterocycles. The van der Waals surface area contributed by atoms with Crippen molar-refractivity contribution >= 4 is 16.7 Å². The van der Waals surface area contributed by atoms with Gasteiger partial charge in [0.05, 0.1) is 13.7 Å². The summed E-state index contributed by atoms with van der Waals surface area (Å²) in [7, 11) is 1.65. The second-order valence-corrected chi connectivity index (χ2v) is 5.16. The second-order valence-electron chi connectivity index (χ2n) is 5.16. The van der Waals surface area contributed by atoms with Crippen molar-refractivity contribution in [3.63, 3.8) is 0 Å². The number of aromatic nitrogens is 1. The molecule has 3 heteroatoms. The van der Waals surface area contributed by atoms with Crippen LogP contribution in [0.4, 0.5) is 0 Å². The van der Waals surface area contributed by atoms with Gasteiger partial charge in [0.25, 0.3) is 0 Å². The third-order valence-electron chi connectivity index (χ3n) is 3.63. The lowest BCUT2D eigenvalue weighted by molar-refractivity contribution is 0.0973. The van der Waals surface area contributed by atoms with E-state index in [4.69, 9.17) is 4.74 Å². The third-order valence-corrected chi connectivity index (χ3v) is 3.63. The number of Topliss-reactive ketones (excluding diaryl/α,β-unsaturated/α-hetero) is 1. The zero-order valence-corrected chi connectivity index (χ0v) is 12.2. The average molecular weight is 279 g/mol. The maximum absolute atomic E-state index is 12.4. The minimum absolute atomic E-state index is 0.118. The number of hydrogen-bond donors (Lipinski definition) is 0. The summed E-state index contributed by atoms with van der Waals surface area (Å²) in [5.41, 5.74) is 2.89. The van der Waals surface area contributed by atoms with E-state index in [2.05, 4.69) is 0 Å². The molecule has 0 aliphatic rings. The Kier molecular flexibility index (Phi) is 3.48. The fraction of sp³-hybridized carbons (Fsp3) is 0.167. The first-order valence-electron chi connectivity index (χ1n) is 6.90. The van der Waals surface area contributed by atoms with Gasteiger partial charge in [-0.1, -0.05) is 23.8 Å². The number of benzene rings is 2. The lowest BCUT2D eigenvalue weighted by Crippen LogP contribution is -2.09. The van der Waals surface area contributed by atoms with E-state index in [-0.39, 0.29) is 5.78 Å². The van der Waals surface area contributed by atoms with Crippen molar-refractivity contribution in [3.8, 4) is 5.75 Å². The van der Waals surface area contributed by atoms with Crippen LogP contribution in [0.2, 0.25) is 0 Å². The van der Waals surface area contributed by atoms with Gasteiger partial charge in [-0.25, -0.2) is 0 Å². The summed E-state index contributed by atoms with van der Waals surface area (Å²) in [6.45, 7) is 2.34. The predicted octanol–water partition coefficient (Wildman–Crippen LogP) is 3.84. The van der Waals surface area contributed by atoms with E-state index in [9.17, 15) is 4.79 Å². The van der Waals surface area contributed by atoms with Gasteiger partial charge in [-0.3, -0.25) is 4.79 Å². The summed E-state index contributed by atoms with van der Waals surface area (Å²) < 4.78 is 7.19. The smallest absolute Gasteiger partial charge is 0.182 e. The monoisotopic (exact) mass is 279 g/mol. The molecule has 0 fully saturated rings. The van der Waals surface area contributed by atoms with E-state index in [0.29, 0.717) is 6.54 Å². The minimum Gasteiger partial charge on any atom is -0.497 e. The summed E-state index contributed by atoms with van der Waals surface area (Å²) >= 11 is 0. The standard InChI is InChI=1S/C18H17NO2/c1-13-4-3-5-15(10-13)18(20)12-19-9-8-14-11-16(21-2)6-7-17(14)19/h3-11H,12H2,1-2H3. The average Bonchev–Trinajstić information content (AvgIpc) is 2.89.